The van der Waals surface area contributed by atoms with Crippen LogP contribution in [0, 0.1) is 5.82 Å². The van der Waals surface area contributed by atoms with Gasteiger partial charge in [-0.2, -0.15) is 0 Å². The Labute approximate surface area is 132 Å². The number of piperidine rings is 1. The maximum atomic E-state index is 13.1. The Morgan fingerprint density at radius 3 is 2.95 bits per heavy atom. The maximum absolute atomic E-state index is 13.1. The summed E-state index contributed by atoms with van der Waals surface area (Å²) in [6, 6.07) is 3.86. The summed E-state index contributed by atoms with van der Waals surface area (Å²) >= 11 is 5.99. The maximum Gasteiger partial charge on any atom is 0.255 e. The van der Waals surface area contributed by atoms with Crippen LogP contribution in [0.25, 0.3) is 0 Å². The summed E-state index contributed by atoms with van der Waals surface area (Å²) in [5.74, 6) is 0.418. The molecule has 2 aromatic rings. The van der Waals surface area contributed by atoms with Crippen LogP contribution in [0.15, 0.2) is 24.5 Å². The smallest absolute Gasteiger partial charge is 0.255 e. The Morgan fingerprint density at radius 2 is 2.27 bits per heavy atom. The number of hydrogen-bond donors (Lipinski definition) is 0. The molecule has 0 saturated carbocycles. The van der Waals surface area contributed by atoms with E-state index in [1.165, 1.54) is 18.2 Å². The average molecular weight is 323 g/mol. The molecule has 0 bridgehead atoms. The molecule has 1 fully saturated rings. The lowest BCUT2D eigenvalue weighted by Crippen LogP contribution is -2.39. The van der Waals surface area contributed by atoms with Crippen molar-refractivity contribution in [1.82, 2.24) is 19.7 Å². The minimum atomic E-state index is -0.447. The fourth-order valence-electron chi connectivity index (χ4n) is 2.87. The second-order valence-electron chi connectivity index (χ2n) is 5.51. The summed E-state index contributed by atoms with van der Waals surface area (Å²) < 4.78 is 15.0. The van der Waals surface area contributed by atoms with Crippen LogP contribution in [0.5, 0.6) is 0 Å². The van der Waals surface area contributed by atoms with Gasteiger partial charge in [-0.1, -0.05) is 11.6 Å². The van der Waals surface area contributed by atoms with E-state index >= 15 is 0 Å². The quantitative estimate of drug-likeness (QED) is 0.854. The van der Waals surface area contributed by atoms with Crippen LogP contribution in [0.1, 0.15) is 34.9 Å². The number of carbonyl (C=O) groups excluding carboxylic acids is 1. The van der Waals surface area contributed by atoms with E-state index in [0.29, 0.717) is 18.7 Å². The Balaban J connectivity index is 1.79. The molecule has 2 heterocycles. The van der Waals surface area contributed by atoms with E-state index in [9.17, 15) is 9.18 Å². The minimum Gasteiger partial charge on any atom is -0.338 e. The summed E-state index contributed by atoms with van der Waals surface area (Å²) in [5.41, 5.74) is 0.335. The zero-order chi connectivity index (χ0) is 15.7. The van der Waals surface area contributed by atoms with Crippen LogP contribution in [0.4, 0.5) is 4.39 Å². The van der Waals surface area contributed by atoms with Crippen molar-refractivity contribution < 1.29 is 9.18 Å². The van der Waals surface area contributed by atoms with Crippen molar-refractivity contribution in [2.24, 2.45) is 7.05 Å². The Kier molecular flexibility index (Phi) is 4.11. The number of amides is 1. The highest BCUT2D eigenvalue weighted by atomic mass is 35.5. The van der Waals surface area contributed by atoms with Gasteiger partial charge in [0.2, 0.25) is 0 Å². The van der Waals surface area contributed by atoms with Crippen LogP contribution < -0.4 is 0 Å². The molecule has 3 rings (SSSR count). The lowest BCUT2D eigenvalue weighted by Gasteiger charge is -2.32. The van der Waals surface area contributed by atoms with Gasteiger partial charge in [0, 0.05) is 26.1 Å². The second-order valence-corrected chi connectivity index (χ2v) is 5.92. The lowest BCUT2D eigenvalue weighted by atomic mass is 9.96. The van der Waals surface area contributed by atoms with Crippen LogP contribution >= 0.6 is 11.6 Å². The van der Waals surface area contributed by atoms with Crippen LogP contribution in [0.2, 0.25) is 5.02 Å². The number of likely N-dealkylation sites (tertiary alicyclic amines) is 1. The first-order valence-corrected chi connectivity index (χ1v) is 7.52. The molecule has 1 amide bonds. The summed E-state index contributed by atoms with van der Waals surface area (Å²) in [5, 5.41) is 8.17. The molecule has 5 nitrogen and oxygen atoms in total. The highest BCUT2D eigenvalue weighted by molar-refractivity contribution is 6.33. The number of aryl methyl sites for hydroxylation is 1. The predicted molar refractivity (Wildman–Crippen MR) is 80.3 cm³/mol. The first kappa shape index (κ1) is 15.0. The van der Waals surface area contributed by atoms with Crippen molar-refractivity contribution >= 4 is 17.5 Å². The van der Waals surface area contributed by atoms with Crippen LogP contribution in [0.3, 0.4) is 0 Å². The summed E-state index contributed by atoms with van der Waals surface area (Å²) in [4.78, 5) is 14.4. The third-order valence-electron chi connectivity index (χ3n) is 3.98. The van der Waals surface area contributed by atoms with Crippen molar-refractivity contribution in [3.8, 4) is 0 Å². The van der Waals surface area contributed by atoms with Gasteiger partial charge in [0.1, 0.15) is 18.0 Å². The first-order chi connectivity index (χ1) is 10.6. The molecule has 22 heavy (non-hydrogen) atoms. The first-order valence-electron chi connectivity index (χ1n) is 7.14. The molecule has 1 aromatic heterocycles. The van der Waals surface area contributed by atoms with Gasteiger partial charge in [-0.3, -0.25) is 4.79 Å². The van der Waals surface area contributed by atoms with Crippen LogP contribution in [-0.4, -0.2) is 38.7 Å². The highest BCUT2D eigenvalue weighted by Crippen LogP contribution is 2.27. The third-order valence-corrected chi connectivity index (χ3v) is 4.29. The van der Waals surface area contributed by atoms with Gasteiger partial charge in [-0.15, -0.1) is 10.2 Å². The average Bonchev–Trinajstić information content (AvgIpc) is 2.93. The standard InChI is InChI=1S/C15H16ClFN4O/c1-20-9-18-19-14(20)10-3-2-6-21(8-10)15(22)12-5-4-11(17)7-13(12)16/h4-5,7,9-10H,2-3,6,8H2,1H3. The summed E-state index contributed by atoms with van der Waals surface area (Å²) in [7, 11) is 1.90. The van der Waals surface area contributed by atoms with Crippen molar-refractivity contribution in [2.75, 3.05) is 13.1 Å². The fraction of sp³-hybridized carbons (Fsp3) is 0.400. The van der Waals surface area contributed by atoms with Gasteiger partial charge in [0.05, 0.1) is 10.6 Å². The molecule has 1 aromatic carbocycles. The van der Waals surface area contributed by atoms with E-state index in [2.05, 4.69) is 10.2 Å². The molecule has 1 saturated heterocycles. The van der Waals surface area contributed by atoms with E-state index < -0.39 is 5.82 Å². The summed E-state index contributed by atoms with van der Waals surface area (Å²) in [6.45, 7) is 1.24. The largest absolute Gasteiger partial charge is 0.338 e. The second kappa shape index (κ2) is 6.04. The molecule has 0 spiro atoms. The number of aromatic nitrogens is 3. The third kappa shape index (κ3) is 2.83. The molecule has 1 aliphatic rings. The van der Waals surface area contributed by atoms with Gasteiger partial charge < -0.3 is 9.47 Å². The minimum absolute atomic E-state index is 0.144. The van der Waals surface area contributed by atoms with E-state index in [4.69, 9.17) is 11.6 Å². The monoisotopic (exact) mass is 322 g/mol. The number of nitrogens with zero attached hydrogens (tertiary/aromatic N) is 4. The number of rotatable bonds is 2. The van der Waals surface area contributed by atoms with Gasteiger partial charge in [-0.05, 0) is 31.0 Å². The molecule has 1 atom stereocenters. The number of carbonyl (C=O) groups is 1. The van der Waals surface area contributed by atoms with E-state index in [0.717, 1.165) is 18.7 Å². The van der Waals surface area contributed by atoms with Crippen molar-refractivity contribution in [3.05, 3.63) is 46.8 Å². The van der Waals surface area contributed by atoms with Crippen LogP contribution in [-0.2, 0) is 7.05 Å². The number of benzene rings is 1. The van der Waals surface area contributed by atoms with Crippen molar-refractivity contribution in [3.63, 3.8) is 0 Å². The van der Waals surface area contributed by atoms with Gasteiger partial charge in [0.25, 0.3) is 5.91 Å². The van der Waals surface area contributed by atoms with E-state index in [-0.39, 0.29) is 16.8 Å². The van der Waals surface area contributed by atoms with Crippen molar-refractivity contribution in [2.45, 2.75) is 18.8 Å². The molecule has 0 N–H and O–H groups in total. The molecule has 7 heteroatoms. The Hall–Kier alpha value is -1.95. The van der Waals surface area contributed by atoms with Gasteiger partial charge in [0.15, 0.2) is 0 Å². The SMILES string of the molecule is Cn1cnnc1C1CCCN(C(=O)c2ccc(F)cc2Cl)C1. The topological polar surface area (TPSA) is 51.0 Å². The molecule has 1 aliphatic heterocycles. The fourth-order valence-corrected chi connectivity index (χ4v) is 3.12. The molecule has 0 radical (unpaired) electrons. The lowest BCUT2D eigenvalue weighted by molar-refractivity contribution is 0.0703. The normalized spacial score (nSPS) is 18.5. The molecule has 116 valence electrons. The molecule has 1 unspecified atom stereocenters. The number of halogens is 2. The Bertz CT molecular complexity index is 703. The molecular formula is C15H16ClFN4O. The zero-order valence-corrected chi connectivity index (χ0v) is 12.9. The van der Waals surface area contributed by atoms with E-state index in [1.807, 2.05) is 11.6 Å². The predicted octanol–water partition coefficient (Wildman–Crippen LogP) is 2.63. The molecular weight excluding hydrogens is 307 g/mol. The van der Waals surface area contributed by atoms with Gasteiger partial charge in [-0.25, -0.2) is 4.39 Å². The van der Waals surface area contributed by atoms with E-state index in [1.54, 1.807) is 11.2 Å². The van der Waals surface area contributed by atoms with Crippen molar-refractivity contribution in [1.29, 1.82) is 0 Å². The van der Waals surface area contributed by atoms with Gasteiger partial charge >= 0.3 is 0 Å². The number of hydrogen-bond acceptors (Lipinski definition) is 3. The summed E-state index contributed by atoms with van der Waals surface area (Å²) in [6.07, 6.45) is 3.52. The molecule has 0 aliphatic carbocycles. The zero-order valence-electron chi connectivity index (χ0n) is 12.2. The highest BCUT2D eigenvalue weighted by Gasteiger charge is 2.28. The Morgan fingerprint density at radius 1 is 1.45 bits per heavy atom.